The third-order valence-electron chi connectivity index (χ3n) is 5.71. The van der Waals surface area contributed by atoms with E-state index in [1.54, 1.807) is 0 Å². The van der Waals surface area contributed by atoms with Gasteiger partial charge in [-0.3, -0.25) is 0 Å². The molecule has 35 heavy (non-hydrogen) atoms. The molecule has 0 heterocycles. The van der Waals surface area contributed by atoms with Crippen molar-refractivity contribution in [1.82, 2.24) is 0 Å². The Balaban J connectivity index is 2.14. The lowest BCUT2D eigenvalue weighted by Crippen LogP contribution is -2.03. The standard InChI is InChI=1S/C26H9F9/c27-12-5-4-10(8-16(12)31)19-11-2-1-3-13(28)20(11)23(22-15(30)7-6-14(29)21(19)22)24-25(34)17(32)9-18(33)26(24)35/h1-9H. The fraction of sp³-hybridized carbons (Fsp3) is 0. The van der Waals surface area contributed by atoms with Crippen LogP contribution in [0.2, 0.25) is 0 Å². The molecule has 0 aromatic heterocycles. The van der Waals surface area contributed by atoms with Crippen LogP contribution in [0.3, 0.4) is 0 Å². The van der Waals surface area contributed by atoms with Crippen molar-refractivity contribution in [1.29, 1.82) is 0 Å². The van der Waals surface area contributed by atoms with Crippen LogP contribution in [0, 0.1) is 52.4 Å². The Morgan fingerprint density at radius 3 is 1.51 bits per heavy atom. The first-order valence-electron chi connectivity index (χ1n) is 9.92. The zero-order valence-corrected chi connectivity index (χ0v) is 17.1. The maximum atomic E-state index is 15.2. The topological polar surface area (TPSA) is 0 Å². The molecule has 0 saturated heterocycles. The van der Waals surface area contributed by atoms with Gasteiger partial charge in [0.05, 0.1) is 5.56 Å². The average molecular weight is 492 g/mol. The van der Waals surface area contributed by atoms with E-state index in [4.69, 9.17) is 0 Å². The summed E-state index contributed by atoms with van der Waals surface area (Å²) >= 11 is 0. The van der Waals surface area contributed by atoms with Crippen molar-refractivity contribution in [3.8, 4) is 22.3 Å². The van der Waals surface area contributed by atoms with E-state index in [2.05, 4.69) is 0 Å². The van der Waals surface area contributed by atoms with Gasteiger partial charge in [-0.1, -0.05) is 18.2 Å². The number of hydrogen-bond acceptors (Lipinski definition) is 0. The quantitative estimate of drug-likeness (QED) is 0.132. The van der Waals surface area contributed by atoms with Gasteiger partial charge in [-0.2, -0.15) is 0 Å². The van der Waals surface area contributed by atoms with Gasteiger partial charge in [0.1, 0.15) is 17.5 Å². The normalized spacial score (nSPS) is 11.6. The molecule has 0 radical (unpaired) electrons. The Morgan fingerprint density at radius 2 is 0.914 bits per heavy atom. The molecule has 0 nitrogen and oxygen atoms in total. The smallest absolute Gasteiger partial charge is 0.169 e. The largest absolute Gasteiger partial charge is 0.206 e. The minimum Gasteiger partial charge on any atom is -0.206 e. The molecule has 176 valence electrons. The summed E-state index contributed by atoms with van der Waals surface area (Å²) in [6.07, 6.45) is 0. The van der Waals surface area contributed by atoms with Crippen LogP contribution in [0.5, 0.6) is 0 Å². The minimum absolute atomic E-state index is 0.0818. The molecule has 0 N–H and O–H groups in total. The van der Waals surface area contributed by atoms with Gasteiger partial charge in [0.15, 0.2) is 34.9 Å². The number of benzene rings is 5. The van der Waals surface area contributed by atoms with E-state index in [-0.39, 0.29) is 22.6 Å². The van der Waals surface area contributed by atoms with E-state index in [0.717, 1.165) is 24.3 Å². The fourth-order valence-corrected chi connectivity index (χ4v) is 4.28. The lowest BCUT2D eigenvalue weighted by molar-refractivity contribution is 0.458. The molecule has 0 unspecified atom stereocenters. The van der Waals surface area contributed by atoms with Gasteiger partial charge in [-0.25, -0.2) is 39.5 Å². The van der Waals surface area contributed by atoms with Crippen molar-refractivity contribution < 1.29 is 39.5 Å². The van der Waals surface area contributed by atoms with E-state index in [9.17, 15) is 26.3 Å². The van der Waals surface area contributed by atoms with Crippen LogP contribution in [-0.4, -0.2) is 0 Å². The Hall–Kier alpha value is -4.01. The van der Waals surface area contributed by atoms with Gasteiger partial charge in [-0.05, 0) is 41.3 Å². The number of halogens is 9. The fourth-order valence-electron chi connectivity index (χ4n) is 4.28. The SMILES string of the molecule is Fc1ccc(-c2c3cccc(F)c3c(-c3c(F)c(F)cc(F)c3F)c3c(F)ccc(F)c23)cc1F. The molecule has 0 saturated carbocycles. The average Bonchev–Trinajstić information content (AvgIpc) is 2.82. The monoisotopic (exact) mass is 492 g/mol. The summed E-state index contributed by atoms with van der Waals surface area (Å²) in [5, 5.41) is -2.61. The predicted octanol–water partition coefficient (Wildman–Crippen LogP) is 8.58. The van der Waals surface area contributed by atoms with Crippen LogP contribution >= 0.6 is 0 Å². The van der Waals surface area contributed by atoms with Gasteiger partial charge in [0.25, 0.3) is 0 Å². The summed E-state index contributed by atoms with van der Waals surface area (Å²) in [7, 11) is 0. The van der Waals surface area contributed by atoms with Gasteiger partial charge in [0, 0.05) is 33.4 Å². The second kappa shape index (κ2) is 8.04. The van der Waals surface area contributed by atoms with Gasteiger partial charge >= 0.3 is 0 Å². The summed E-state index contributed by atoms with van der Waals surface area (Å²) in [6.45, 7) is 0. The van der Waals surface area contributed by atoms with Crippen LogP contribution in [0.1, 0.15) is 0 Å². The maximum absolute atomic E-state index is 15.2. The molecule has 5 aromatic carbocycles. The predicted molar refractivity (Wildman–Crippen MR) is 112 cm³/mol. The van der Waals surface area contributed by atoms with Crippen molar-refractivity contribution in [2.24, 2.45) is 0 Å². The van der Waals surface area contributed by atoms with Gasteiger partial charge in [0.2, 0.25) is 0 Å². The van der Waals surface area contributed by atoms with E-state index in [0.29, 0.717) is 24.3 Å². The first kappa shape index (κ1) is 22.8. The second-order valence-corrected chi connectivity index (χ2v) is 7.66. The molecule has 5 aromatic rings. The number of hydrogen-bond donors (Lipinski definition) is 0. The summed E-state index contributed by atoms with van der Waals surface area (Å²) < 4.78 is 131. The third-order valence-corrected chi connectivity index (χ3v) is 5.71. The molecule has 0 spiro atoms. The maximum Gasteiger partial charge on any atom is 0.169 e. The van der Waals surface area contributed by atoms with E-state index >= 15 is 13.2 Å². The molecule has 0 aliphatic carbocycles. The molecular weight excluding hydrogens is 483 g/mol. The number of rotatable bonds is 2. The van der Waals surface area contributed by atoms with Crippen LogP contribution in [0.15, 0.2) is 54.6 Å². The first-order chi connectivity index (χ1) is 16.6. The van der Waals surface area contributed by atoms with Gasteiger partial charge in [-0.15, -0.1) is 0 Å². The molecule has 0 aliphatic rings. The molecule has 0 bridgehead atoms. The lowest BCUT2D eigenvalue weighted by Gasteiger charge is -2.20. The van der Waals surface area contributed by atoms with Crippen molar-refractivity contribution >= 4 is 21.5 Å². The zero-order chi connectivity index (χ0) is 25.2. The molecule has 9 heteroatoms. The lowest BCUT2D eigenvalue weighted by atomic mass is 9.85. The summed E-state index contributed by atoms with van der Waals surface area (Å²) in [6, 6.07) is 6.65. The van der Waals surface area contributed by atoms with Crippen LogP contribution in [0.25, 0.3) is 43.8 Å². The molecule has 0 atom stereocenters. The van der Waals surface area contributed by atoms with Crippen molar-refractivity contribution in [3.63, 3.8) is 0 Å². The van der Waals surface area contributed by atoms with Crippen molar-refractivity contribution in [2.75, 3.05) is 0 Å². The Bertz CT molecular complexity index is 1660. The van der Waals surface area contributed by atoms with Gasteiger partial charge < -0.3 is 0 Å². The van der Waals surface area contributed by atoms with Crippen LogP contribution in [0.4, 0.5) is 39.5 Å². The molecular formula is C26H9F9. The highest BCUT2D eigenvalue weighted by Gasteiger charge is 2.29. The van der Waals surface area contributed by atoms with Crippen LogP contribution < -0.4 is 0 Å². The van der Waals surface area contributed by atoms with E-state index in [1.165, 1.54) is 0 Å². The van der Waals surface area contributed by atoms with E-state index < -0.39 is 79.6 Å². The molecule has 0 amide bonds. The molecule has 0 fully saturated rings. The molecule has 5 rings (SSSR count). The first-order valence-corrected chi connectivity index (χ1v) is 9.92. The summed E-state index contributed by atoms with van der Waals surface area (Å²) in [5.41, 5.74) is -2.98. The summed E-state index contributed by atoms with van der Waals surface area (Å²) in [5.74, 6) is -13.9. The van der Waals surface area contributed by atoms with Crippen LogP contribution in [-0.2, 0) is 0 Å². The Kier molecular flexibility index (Phi) is 5.23. The van der Waals surface area contributed by atoms with Crippen molar-refractivity contribution in [2.45, 2.75) is 0 Å². The third kappa shape index (κ3) is 3.33. The highest BCUT2D eigenvalue weighted by Crippen LogP contribution is 2.47. The van der Waals surface area contributed by atoms with Crippen molar-refractivity contribution in [3.05, 3.63) is 107 Å². The van der Waals surface area contributed by atoms with E-state index in [1.807, 2.05) is 0 Å². The molecule has 0 aliphatic heterocycles. The Labute approximate surface area is 190 Å². The summed E-state index contributed by atoms with van der Waals surface area (Å²) in [4.78, 5) is 0. The zero-order valence-electron chi connectivity index (χ0n) is 17.1. The Morgan fingerprint density at radius 1 is 0.371 bits per heavy atom. The highest BCUT2D eigenvalue weighted by molar-refractivity contribution is 6.21. The minimum atomic E-state index is -1.96. The highest BCUT2D eigenvalue weighted by atomic mass is 19.2. The number of fused-ring (bicyclic) bond motifs is 2. The second-order valence-electron chi connectivity index (χ2n) is 7.66.